The molecular formula is C13H12N2O4. The van der Waals surface area contributed by atoms with Gasteiger partial charge in [-0.15, -0.1) is 10.2 Å². The summed E-state index contributed by atoms with van der Waals surface area (Å²) >= 11 is 0. The largest absolute Gasteiger partial charge is 0.497 e. The van der Waals surface area contributed by atoms with Gasteiger partial charge >= 0.3 is 5.97 Å². The molecule has 0 saturated heterocycles. The van der Waals surface area contributed by atoms with Gasteiger partial charge in [-0.3, -0.25) is 0 Å². The van der Waals surface area contributed by atoms with Crippen LogP contribution >= 0.6 is 0 Å². The average Bonchev–Trinajstić information content (AvgIpc) is 2.46. The number of carbonyl (C=O) groups is 1. The summed E-state index contributed by atoms with van der Waals surface area (Å²) in [4.78, 5) is 10.7. The maximum atomic E-state index is 10.7. The van der Waals surface area contributed by atoms with Crippen molar-refractivity contribution in [1.82, 2.24) is 10.2 Å². The van der Waals surface area contributed by atoms with Crippen molar-refractivity contribution in [3.63, 3.8) is 0 Å². The fourth-order valence-electron chi connectivity index (χ4n) is 1.60. The Bertz CT molecular complexity index is 596. The number of ether oxygens (including phenoxy) is 2. The minimum atomic E-state index is -1.11. The molecule has 0 aliphatic rings. The Morgan fingerprint density at radius 1 is 1.11 bits per heavy atom. The molecule has 0 radical (unpaired) electrons. The van der Waals surface area contributed by atoms with Gasteiger partial charge in [0.25, 0.3) is 0 Å². The Kier molecular flexibility index (Phi) is 3.61. The van der Waals surface area contributed by atoms with Crippen molar-refractivity contribution in [3.05, 3.63) is 36.0 Å². The lowest BCUT2D eigenvalue weighted by molar-refractivity contribution is 0.0689. The summed E-state index contributed by atoms with van der Waals surface area (Å²) in [5, 5.41) is 16.3. The zero-order valence-corrected chi connectivity index (χ0v) is 10.5. The zero-order valence-electron chi connectivity index (χ0n) is 10.5. The quantitative estimate of drug-likeness (QED) is 0.903. The molecule has 6 nitrogen and oxygen atoms in total. The second kappa shape index (κ2) is 5.34. The molecule has 0 aliphatic carbocycles. The third kappa shape index (κ3) is 2.62. The molecule has 19 heavy (non-hydrogen) atoms. The standard InChI is InChI=1S/C13H12N2O4/c1-18-8-3-6-12(19-2)9(7-8)10-4-5-11(13(16)17)15-14-10/h3-7H,1-2H3,(H,16,17). The molecule has 0 bridgehead atoms. The second-order valence-electron chi connectivity index (χ2n) is 3.68. The molecule has 2 aromatic rings. The number of carboxylic acid groups (broad SMARTS) is 1. The molecule has 0 unspecified atom stereocenters. The number of nitrogens with zero attached hydrogens (tertiary/aromatic N) is 2. The normalized spacial score (nSPS) is 10.0. The highest BCUT2D eigenvalue weighted by Crippen LogP contribution is 2.31. The van der Waals surface area contributed by atoms with Crippen LogP contribution in [0.4, 0.5) is 0 Å². The molecule has 1 aromatic carbocycles. The van der Waals surface area contributed by atoms with E-state index in [0.717, 1.165) is 0 Å². The van der Waals surface area contributed by atoms with Crippen LogP contribution in [-0.2, 0) is 0 Å². The number of hydrogen-bond acceptors (Lipinski definition) is 5. The van der Waals surface area contributed by atoms with Gasteiger partial charge in [-0.05, 0) is 30.3 Å². The predicted octanol–water partition coefficient (Wildman–Crippen LogP) is 1.86. The van der Waals surface area contributed by atoms with E-state index in [-0.39, 0.29) is 5.69 Å². The number of aromatic nitrogens is 2. The molecule has 1 aromatic heterocycles. The summed E-state index contributed by atoms with van der Waals surface area (Å²) in [5.74, 6) is 0.148. The Balaban J connectivity index is 2.47. The fraction of sp³-hybridized carbons (Fsp3) is 0.154. The van der Waals surface area contributed by atoms with Gasteiger partial charge in [0.15, 0.2) is 5.69 Å². The van der Waals surface area contributed by atoms with E-state index in [4.69, 9.17) is 14.6 Å². The molecule has 0 fully saturated rings. The van der Waals surface area contributed by atoms with Crippen LogP contribution in [0.1, 0.15) is 10.5 Å². The summed E-state index contributed by atoms with van der Waals surface area (Å²) in [6, 6.07) is 8.24. The van der Waals surface area contributed by atoms with E-state index in [1.165, 1.54) is 6.07 Å². The van der Waals surface area contributed by atoms with Gasteiger partial charge in [0.05, 0.1) is 19.9 Å². The smallest absolute Gasteiger partial charge is 0.356 e. The number of carboxylic acids is 1. The molecule has 2 rings (SSSR count). The van der Waals surface area contributed by atoms with Crippen LogP contribution in [0.2, 0.25) is 0 Å². The highest BCUT2D eigenvalue weighted by atomic mass is 16.5. The fourth-order valence-corrected chi connectivity index (χ4v) is 1.60. The average molecular weight is 260 g/mol. The van der Waals surface area contributed by atoms with E-state index in [9.17, 15) is 4.79 Å². The van der Waals surface area contributed by atoms with Crippen molar-refractivity contribution in [2.75, 3.05) is 14.2 Å². The number of hydrogen-bond donors (Lipinski definition) is 1. The summed E-state index contributed by atoms with van der Waals surface area (Å²) < 4.78 is 10.4. The van der Waals surface area contributed by atoms with E-state index in [2.05, 4.69) is 10.2 Å². The zero-order chi connectivity index (χ0) is 13.8. The van der Waals surface area contributed by atoms with Gasteiger partial charge in [0.1, 0.15) is 11.5 Å². The van der Waals surface area contributed by atoms with Crippen molar-refractivity contribution in [2.45, 2.75) is 0 Å². The minimum Gasteiger partial charge on any atom is -0.497 e. The van der Waals surface area contributed by atoms with E-state index >= 15 is 0 Å². The van der Waals surface area contributed by atoms with Crippen molar-refractivity contribution in [1.29, 1.82) is 0 Å². The van der Waals surface area contributed by atoms with E-state index in [1.807, 2.05) is 0 Å². The van der Waals surface area contributed by atoms with Crippen molar-refractivity contribution >= 4 is 5.97 Å². The summed E-state index contributed by atoms with van der Waals surface area (Å²) in [7, 11) is 3.11. The van der Waals surface area contributed by atoms with Crippen molar-refractivity contribution in [3.8, 4) is 22.8 Å². The number of benzene rings is 1. The van der Waals surface area contributed by atoms with Crippen molar-refractivity contribution in [2.24, 2.45) is 0 Å². The van der Waals surface area contributed by atoms with Crippen LogP contribution < -0.4 is 9.47 Å². The number of methoxy groups -OCH3 is 2. The molecule has 0 atom stereocenters. The first kappa shape index (κ1) is 12.8. The minimum absolute atomic E-state index is 0.106. The van der Waals surface area contributed by atoms with Crippen LogP contribution in [0.3, 0.4) is 0 Å². The van der Waals surface area contributed by atoms with E-state index in [1.54, 1.807) is 38.5 Å². The molecule has 0 amide bonds. The third-order valence-electron chi connectivity index (χ3n) is 2.57. The third-order valence-corrected chi connectivity index (χ3v) is 2.57. The predicted molar refractivity (Wildman–Crippen MR) is 67.5 cm³/mol. The van der Waals surface area contributed by atoms with Crippen LogP contribution in [0.25, 0.3) is 11.3 Å². The molecule has 98 valence electrons. The number of rotatable bonds is 4. The van der Waals surface area contributed by atoms with Crippen molar-refractivity contribution < 1.29 is 19.4 Å². The lowest BCUT2D eigenvalue weighted by Gasteiger charge is -2.09. The van der Waals surface area contributed by atoms with Gasteiger partial charge < -0.3 is 14.6 Å². The molecule has 0 aliphatic heterocycles. The topological polar surface area (TPSA) is 81.5 Å². The highest BCUT2D eigenvalue weighted by Gasteiger charge is 2.11. The Morgan fingerprint density at radius 3 is 2.42 bits per heavy atom. The van der Waals surface area contributed by atoms with E-state index in [0.29, 0.717) is 22.8 Å². The number of aromatic carboxylic acids is 1. The molecule has 6 heteroatoms. The molecule has 0 saturated carbocycles. The van der Waals surface area contributed by atoms with E-state index < -0.39 is 5.97 Å². The Labute approximate surface area is 109 Å². The monoisotopic (exact) mass is 260 g/mol. The summed E-state index contributed by atoms with van der Waals surface area (Å²) in [5.41, 5.74) is 1.10. The second-order valence-corrected chi connectivity index (χ2v) is 3.68. The molecule has 0 spiro atoms. The SMILES string of the molecule is COc1ccc(OC)c(-c2ccc(C(=O)O)nn2)c1. The maximum absolute atomic E-state index is 10.7. The molecule has 1 N–H and O–H groups in total. The van der Waals surface area contributed by atoms with Gasteiger partial charge in [-0.1, -0.05) is 0 Å². The maximum Gasteiger partial charge on any atom is 0.356 e. The van der Waals surface area contributed by atoms with Crippen LogP contribution in [0.5, 0.6) is 11.5 Å². The Hall–Kier alpha value is -2.63. The van der Waals surface area contributed by atoms with Gasteiger partial charge in [-0.25, -0.2) is 4.79 Å². The van der Waals surface area contributed by atoms with Gasteiger partial charge in [-0.2, -0.15) is 0 Å². The summed E-state index contributed by atoms with van der Waals surface area (Å²) in [6.07, 6.45) is 0. The lowest BCUT2D eigenvalue weighted by atomic mass is 10.1. The first-order valence-corrected chi connectivity index (χ1v) is 5.45. The lowest BCUT2D eigenvalue weighted by Crippen LogP contribution is -2.02. The van der Waals surface area contributed by atoms with Crippen LogP contribution in [0, 0.1) is 0 Å². The van der Waals surface area contributed by atoms with Gasteiger partial charge in [0.2, 0.25) is 0 Å². The first-order valence-electron chi connectivity index (χ1n) is 5.45. The highest BCUT2D eigenvalue weighted by molar-refractivity contribution is 5.85. The van der Waals surface area contributed by atoms with Crippen LogP contribution in [-0.4, -0.2) is 35.5 Å². The summed E-state index contributed by atoms with van der Waals surface area (Å²) in [6.45, 7) is 0. The van der Waals surface area contributed by atoms with Crippen LogP contribution in [0.15, 0.2) is 30.3 Å². The molecule has 1 heterocycles. The first-order chi connectivity index (χ1) is 9.15. The Morgan fingerprint density at radius 2 is 1.89 bits per heavy atom. The van der Waals surface area contributed by atoms with Gasteiger partial charge in [0, 0.05) is 5.56 Å². The molecular weight excluding hydrogens is 248 g/mol.